The largest absolute Gasteiger partial charge is 0.369 e. The van der Waals surface area contributed by atoms with Crippen LogP contribution in [-0.4, -0.2) is 28.9 Å². The molecule has 3 rings (SSSR count). The van der Waals surface area contributed by atoms with Crippen LogP contribution in [0, 0.1) is 5.92 Å². The third-order valence-electron chi connectivity index (χ3n) is 4.05. The second-order valence-corrected chi connectivity index (χ2v) is 5.97. The average molecular weight is 304 g/mol. The van der Waals surface area contributed by atoms with Crippen molar-refractivity contribution in [3.05, 3.63) is 41.0 Å². The highest BCUT2D eigenvalue weighted by molar-refractivity contribution is 6.30. The van der Waals surface area contributed by atoms with Crippen LogP contribution in [0.4, 0.5) is 0 Å². The summed E-state index contributed by atoms with van der Waals surface area (Å²) in [4.78, 5) is 18.0. The van der Waals surface area contributed by atoms with Crippen LogP contribution in [0.3, 0.4) is 0 Å². The minimum atomic E-state index is -0.206. The van der Waals surface area contributed by atoms with E-state index in [0.29, 0.717) is 18.2 Å². The Kier molecular flexibility index (Phi) is 4.08. The minimum Gasteiger partial charge on any atom is -0.369 e. The van der Waals surface area contributed by atoms with E-state index in [9.17, 15) is 4.79 Å². The number of piperidine rings is 1. The molecule has 110 valence electrons. The van der Waals surface area contributed by atoms with E-state index < -0.39 is 0 Å². The second kappa shape index (κ2) is 6.00. The number of amides is 1. The molecule has 0 spiro atoms. The van der Waals surface area contributed by atoms with Crippen LogP contribution in [0.15, 0.2) is 30.3 Å². The number of rotatable bonds is 3. The Bertz CT molecular complexity index is 674. The number of benzene rings is 1. The summed E-state index contributed by atoms with van der Waals surface area (Å²) in [5.41, 5.74) is 7.33. The van der Waals surface area contributed by atoms with Crippen LogP contribution in [0.25, 0.3) is 10.9 Å². The van der Waals surface area contributed by atoms with Crippen molar-refractivity contribution in [2.45, 2.75) is 19.4 Å². The van der Waals surface area contributed by atoms with Gasteiger partial charge in [0.25, 0.3) is 0 Å². The lowest BCUT2D eigenvalue weighted by Crippen LogP contribution is -2.40. The summed E-state index contributed by atoms with van der Waals surface area (Å²) in [6.07, 6.45) is 1.88. The molecule has 1 aliphatic rings. The highest BCUT2D eigenvalue weighted by atomic mass is 35.5. The van der Waals surface area contributed by atoms with Gasteiger partial charge >= 0.3 is 0 Å². The molecule has 1 fully saturated rings. The van der Waals surface area contributed by atoms with Crippen LogP contribution >= 0.6 is 11.6 Å². The van der Waals surface area contributed by atoms with Crippen molar-refractivity contribution in [2.75, 3.05) is 13.1 Å². The highest BCUT2D eigenvalue weighted by Gasteiger charge is 2.24. The number of nitrogens with zero attached hydrogens (tertiary/aromatic N) is 2. The summed E-state index contributed by atoms with van der Waals surface area (Å²) in [5, 5.41) is 1.62. The van der Waals surface area contributed by atoms with Gasteiger partial charge in [0.05, 0.1) is 11.4 Å². The van der Waals surface area contributed by atoms with E-state index in [0.717, 1.165) is 35.9 Å². The fourth-order valence-corrected chi connectivity index (χ4v) is 3.12. The average Bonchev–Trinajstić information content (AvgIpc) is 2.48. The molecule has 2 N–H and O–H groups in total. The number of halogens is 1. The third kappa shape index (κ3) is 3.17. The first-order chi connectivity index (χ1) is 10.1. The lowest BCUT2D eigenvalue weighted by atomic mass is 9.97. The summed E-state index contributed by atoms with van der Waals surface area (Å²) < 4.78 is 0. The number of carbonyl (C=O) groups is 1. The summed E-state index contributed by atoms with van der Waals surface area (Å²) >= 11 is 6.29. The van der Waals surface area contributed by atoms with Crippen LogP contribution in [0.2, 0.25) is 5.15 Å². The van der Waals surface area contributed by atoms with Gasteiger partial charge < -0.3 is 5.73 Å². The number of aromatic nitrogens is 1. The summed E-state index contributed by atoms with van der Waals surface area (Å²) in [7, 11) is 0. The molecule has 0 aliphatic carbocycles. The molecule has 21 heavy (non-hydrogen) atoms. The monoisotopic (exact) mass is 303 g/mol. The summed E-state index contributed by atoms with van der Waals surface area (Å²) in [6, 6.07) is 10.0. The van der Waals surface area contributed by atoms with E-state index in [-0.39, 0.29) is 11.8 Å². The molecule has 1 saturated heterocycles. The molecule has 1 aliphatic heterocycles. The molecule has 2 heterocycles. The molecular formula is C16H18ClN3O. The van der Waals surface area contributed by atoms with Gasteiger partial charge in [-0.25, -0.2) is 4.98 Å². The van der Waals surface area contributed by atoms with Crippen LogP contribution < -0.4 is 5.73 Å². The van der Waals surface area contributed by atoms with Crippen molar-refractivity contribution >= 4 is 28.4 Å². The van der Waals surface area contributed by atoms with E-state index in [2.05, 4.69) is 16.0 Å². The number of hydrogen-bond acceptors (Lipinski definition) is 3. The Hall–Kier alpha value is -1.65. The maximum absolute atomic E-state index is 11.4. The Morgan fingerprint density at radius 1 is 1.43 bits per heavy atom. The van der Waals surface area contributed by atoms with E-state index in [1.807, 2.05) is 24.3 Å². The molecule has 1 aromatic carbocycles. The number of pyridine rings is 1. The van der Waals surface area contributed by atoms with Gasteiger partial charge in [-0.15, -0.1) is 0 Å². The van der Waals surface area contributed by atoms with Crippen molar-refractivity contribution in [1.82, 2.24) is 9.88 Å². The van der Waals surface area contributed by atoms with Crippen molar-refractivity contribution in [1.29, 1.82) is 0 Å². The molecular weight excluding hydrogens is 286 g/mol. The van der Waals surface area contributed by atoms with Crippen molar-refractivity contribution in [3.63, 3.8) is 0 Å². The maximum Gasteiger partial charge on any atom is 0.221 e. The molecule has 1 amide bonds. The van der Waals surface area contributed by atoms with Crippen molar-refractivity contribution in [3.8, 4) is 0 Å². The topological polar surface area (TPSA) is 59.2 Å². The quantitative estimate of drug-likeness (QED) is 0.887. The first kappa shape index (κ1) is 14.3. The number of para-hydroxylation sites is 1. The first-order valence-corrected chi connectivity index (χ1v) is 7.57. The third-order valence-corrected chi connectivity index (χ3v) is 4.38. The molecule has 1 aromatic heterocycles. The number of nitrogens with two attached hydrogens (primary N) is 1. The fraction of sp³-hybridized carbons (Fsp3) is 0.375. The number of hydrogen-bond donors (Lipinski definition) is 1. The van der Waals surface area contributed by atoms with Gasteiger partial charge in [0.1, 0.15) is 5.15 Å². The number of primary amides is 1. The number of carbonyl (C=O) groups excluding carboxylic acids is 1. The molecule has 5 heteroatoms. The highest BCUT2D eigenvalue weighted by Crippen LogP contribution is 2.24. The zero-order chi connectivity index (χ0) is 14.8. The molecule has 0 saturated carbocycles. The Morgan fingerprint density at radius 2 is 2.24 bits per heavy atom. The van der Waals surface area contributed by atoms with Gasteiger partial charge in [0, 0.05) is 24.0 Å². The number of fused-ring (bicyclic) bond motifs is 1. The van der Waals surface area contributed by atoms with E-state index in [4.69, 9.17) is 17.3 Å². The zero-order valence-electron chi connectivity index (χ0n) is 11.8. The van der Waals surface area contributed by atoms with Gasteiger partial charge in [-0.2, -0.15) is 0 Å². The second-order valence-electron chi connectivity index (χ2n) is 5.61. The Balaban J connectivity index is 1.81. The van der Waals surface area contributed by atoms with Crippen LogP contribution in [-0.2, 0) is 11.3 Å². The van der Waals surface area contributed by atoms with Gasteiger partial charge in [0.15, 0.2) is 0 Å². The van der Waals surface area contributed by atoms with Crippen LogP contribution in [0.5, 0.6) is 0 Å². The summed E-state index contributed by atoms with van der Waals surface area (Å²) in [5.74, 6) is -0.256. The number of likely N-dealkylation sites (tertiary alicyclic amines) is 1. The molecule has 0 bridgehead atoms. The molecule has 4 nitrogen and oxygen atoms in total. The van der Waals surface area contributed by atoms with Crippen molar-refractivity contribution in [2.24, 2.45) is 11.7 Å². The fourth-order valence-electron chi connectivity index (χ4n) is 2.92. The summed E-state index contributed by atoms with van der Waals surface area (Å²) in [6.45, 7) is 2.38. The van der Waals surface area contributed by atoms with Gasteiger partial charge in [-0.05, 0) is 31.5 Å². The van der Waals surface area contributed by atoms with E-state index in [1.165, 1.54) is 0 Å². The lowest BCUT2D eigenvalue weighted by Gasteiger charge is -2.31. The SMILES string of the molecule is NC(=O)C1CCCN(Cc2cc3ccccc3nc2Cl)C1. The molecule has 0 radical (unpaired) electrons. The van der Waals surface area contributed by atoms with Gasteiger partial charge in [0.2, 0.25) is 5.91 Å². The predicted octanol–water partition coefficient (Wildman–Crippen LogP) is 2.59. The van der Waals surface area contributed by atoms with E-state index in [1.54, 1.807) is 0 Å². The van der Waals surface area contributed by atoms with Gasteiger partial charge in [-0.3, -0.25) is 9.69 Å². The standard InChI is InChI=1S/C16H18ClN3O/c17-15-13(8-11-4-1-2-6-14(11)19-15)10-20-7-3-5-12(9-20)16(18)21/h1-2,4,6,8,12H,3,5,7,9-10H2,(H2,18,21). The maximum atomic E-state index is 11.4. The van der Waals surface area contributed by atoms with E-state index >= 15 is 0 Å². The predicted molar refractivity (Wildman–Crippen MR) is 83.9 cm³/mol. The van der Waals surface area contributed by atoms with Gasteiger partial charge in [-0.1, -0.05) is 29.8 Å². The normalized spacial score (nSPS) is 19.8. The Morgan fingerprint density at radius 3 is 3.05 bits per heavy atom. The smallest absolute Gasteiger partial charge is 0.221 e. The Labute approximate surface area is 128 Å². The molecule has 1 atom stereocenters. The zero-order valence-corrected chi connectivity index (χ0v) is 12.5. The molecule has 1 unspecified atom stereocenters. The minimum absolute atomic E-state index is 0.0501. The molecule has 2 aromatic rings. The lowest BCUT2D eigenvalue weighted by molar-refractivity contribution is -0.123. The van der Waals surface area contributed by atoms with Crippen LogP contribution in [0.1, 0.15) is 18.4 Å². The first-order valence-electron chi connectivity index (χ1n) is 7.19. The van der Waals surface area contributed by atoms with Crippen molar-refractivity contribution < 1.29 is 4.79 Å².